The van der Waals surface area contributed by atoms with Gasteiger partial charge in [0.05, 0.1) is 12.2 Å². The molecule has 0 aliphatic heterocycles. The third kappa shape index (κ3) is 2.02. The molecule has 0 N–H and O–H groups in total. The second kappa shape index (κ2) is 4.03. The van der Waals surface area contributed by atoms with Crippen molar-refractivity contribution in [3.05, 3.63) is 34.7 Å². The molecule has 0 spiro atoms. The van der Waals surface area contributed by atoms with Crippen LogP contribution in [0.3, 0.4) is 0 Å². The Morgan fingerprint density at radius 2 is 2.20 bits per heavy atom. The zero-order valence-corrected chi connectivity index (χ0v) is 9.56. The largest absolute Gasteiger partial charge is 0.462 e. The monoisotopic (exact) mass is 220 g/mol. The van der Waals surface area contributed by atoms with Crippen molar-refractivity contribution in [2.24, 2.45) is 0 Å². The van der Waals surface area contributed by atoms with Gasteiger partial charge in [0.2, 0.25) is 0 Å². The highest BCUT2D eigenvalue weighted by atomic mass is 32.1. The van der Waals surface area contributed by atoms with Crippen LogP contribution >= 0.6 is 11.3 Å². The lowest BCUT2D eigenvalue weighted by atomic mass is 10.1. The highest BCUT2D eigenvalue weighted by Gasteiger charge is 2.07. The van der Waals surface area contributed by atoms with Crippen molar-refractivity contribution in [3.63, 3.8) is 0 Å². The molecule has 0 saturated carbocycles. The van der Waals surface area contributed by atoms with Crippen molar-refractivity contribution in [3.8, 4) is 0 Å². The van der Waals surface area contributed by atoms with Crippen molar-refractivity contribution in [1.82, 2.24) is 0 Å². The van der Waals surface area contributed by atoms with E-state index in [1.54, 1.807) is 11.3 Å². The molecule has 15 heavy (non-hydrogen) atoms. The van der Waals surface area contributed by atoms with Crippen molar-refractivity contribution in [2.45, 2.75) is 13.8 Å². The maximum Gasteiger partial charge on any atom is 0.338 e. The molecule has 2 nitrogen and oxygen atoms in total. The van der Waals surface area contributed by atoms with Gasteiger partial charge < -0.3 is 4.74 Å². The molecule has 0 saturated heterocycles. The zero-order chi connectivity index (χ0) is 10.8. The summed E-state index contributed by atoms with van der Waals surface area (Å²) in [6, 6.07) is 7.76. The Hall–Kier alpha value is -1.35. The number of carbonyl (C=O) groups is 1. The summed E-state index contributed by atoms with van der Waals surface area (Å²) in [5, 5.41) is 1.11. The Kier molecular flexibility index (Phi) is 2.73. The van der Waals surface area contributed by atoms with E-state index < -0.39 is 0 Å². The summed E-state index contributed by atoms with van der Waals surface area (Å²) in [6.45, 7) is 4.29. The maximum atomic E-state index is 11.5. The lowest BCUT2D eigenvalue weighted by molar-refractivity contribution is 0.0526. The van der Waals surface area contributed by atoms with Crippen LogP contribution in [0.25, 0.3) is 10.1 Å². The Bertz CT molecular complexity index is 499. The summed E-state index contributed by atoms with van der Waals surface area (Å²) in [5.41, 5.74) is 0.627. The van der Waals surface area contributed by atoms with E-state index in [1.807, 2.05) is 25.1 Å². The van der Waals surface area contributed by atoms with Gasteiger partial charge in [0.25, 0.3) is 0 Å². The van der Waals surface area contributed by atoms with Crippen LogP contribution in [-0.2, 0) is 4.74 Å². The number of esters is 1. The van der Waals surface area contributed by atoms with Crippen LogP contribution in [0.2, 0.25) is 0 Å². The minimum atomic E-state index is -0.247. The van der Waals surface area contributed by atoms with E-state index in [0.29, 0.717) is 12.2 Å². The van der Waals surface area contributed by atoms with Gasteiger partial charge >= 0.3 is 5.97 Å². The predicted octanol–water partition coefficient (Wildman–Crippen LogP) is 3.39. The van der Waals surface area contributed by atoms with Crippen LogP contribution < -0.4 is 0 Å². The summed E-state index contributed by atoms with van der Waals surface area (Å²) in [5.74, 6) is -0.247. The van der Waals surface area contributed by atoms with Crippen molar-refractivity contribution in [2.75, 3.05) is 6.61 Å². The number of benzene rings is 1. The molecule has 78 valence electrons. The van der Waals surface area contributed by atoms with E-state index in [1.165, 1.54) is 9.58 Å². The third-order valence-electron chi connectivity index (χ3n) is 2.15. The molecule has 2 rings (SSSR count). The molecule has 0 radical (unpaired) electrons. The highest BCUT2D eigenvalue weighted by molar-refractivity contribution is 7.19. The summed E-state index contributed by atoms with van der Waals surface area (Å²) in [4.78, 5) is 12.7. The van der Waals surface area contributed by atoms with Crippen LogP contribution in [0.15, 0.2) is 24.3 Å². The molecule has 1 aromatic carbocycles. The van der Waals surface area contributed by atoms with Gasteiger partial charge in [-0.3, -0.25) is 0 Å². The van der Waals surface area contributed by atoms with Gasteiger partial charge in [0, 0.05) is 9.58 Å². The van der Waals surface area contributed by atoms with Crippen LogP contribution in [0.5, 0.6) is 0 Å². The molecule has 0 fully saturated rings. The van der Waals surface area contributed by atoms with Gasteiger partial charge in [-0.25, -0.2) is 4.79 Å². The number of thiophene rings is 1. The maximum absolute atomic E-state index is 11.5. The Morgan fingerprint density at radius 1 is 1.40 bits per heavy atom. The molecule has 2 aromatic rings. The lowest BCUT2D eigenvalue weighted by Gasteiger charge is -2.00. The third-order valence-corrected chi connectivity index (χ3v) is 3.18. The predicted molar refractivity (Wildman–Crippen MR) is 62.5 cm³/mol. The Labute approximate surface area is 92.5 Å². The fourth-order valence-electron chi connectivity index (χ4n) is 1.52. The van der Waals surface area contributed by atoms with Gasteiger partial charge in [0.15, 0.2) is 0 Å². The minimum absolute atomic E-state index is 0.247. The number of aryl methyl sites for hydroxylation is 1. The summed E-state index contributed by atoms with van der Waals surface area (Å²) < 4.78 is 6.16. The highest BCUT2D eigenvalue weighted by Crippen LogP contribution is 2.25. The fraction of sp³-hybridized carbons (Fsp3) is 0.250. The average Bonchev–Trinajstić information content (AvgIpc) is 2.57. The number of hydrogen-bond acceptors (Lipinski definition) is 3. The smallest absolute Gasteiger partial charge is 0.338 e. The van der Waals surface area contributed by atoms with E-state index in [-0.39, 0.29) is 5.97 Å². The van der Waals surface area contributed by atoms with Crippen molar-refractivity contribution < 1.29 is 9.53 Å². The second-order valence-electron chi connectivity index (χ2n) is 3.33. The number of rotatable bonds is 2. The number of ether oxygens (including phenoxy) is 1. The topological polar surface area (TPSA) is 26.3 Å². The summed E-state index contributed by atoms with van der Waals surface area (Å²) in [6.07, 6.45) is 0. The number of fused-ring (bicyclic) bond motifs is 1. The molecule has 0 bridgehead atoms. The molecule has 0 aliphatic carbocycles. The first kappa shape index (κ1) is 10.2. The number of carbonyl (C=O) groups excluding carboxylic acids is 1. The van der Waals surface area contributed by atoms with Crippen LogP contribution in [0.4, 0.5) is 0 Å². The molecule has 0 amide bonds. The van der Waals surface area contributed by atoms with Crippen molar-refractivity contribution in [1.29, 1.82) is 0 Å². The summed E-state index contributed by atoms with van der Waals surface area (Å²) >= 11 is 1.73. The minimum Gasteiger partial charge on any atom is -0.462 e. The first-order valence-electron chi connectivity index (χ1n) is 4.88. The first-order valence-corrected chi connectivity index (χ1v) is 5.69. The van der Waals surface area contributed by atoms with Gasteiger partial charge in [0.1, 0.15) is 0 Å². The van der Waals surface area contributed by atoms with Crippen LogP contribution in [-0.4, -0.2) is 12.6 Å². The van der Waals surface area contributed by atoms with E-state index >= 15 is 0 Å². The van der Waals surface area contributed by atoms with Gasteiger partial charge in [-0.1, -0.05) is 0 Å². The van der Waals surface area contributed by atoms with Crippen LogP contribution in [0, 0.1) is 6.92 Å². The van der Waals surface area contributed by atoms with E-state index in [9.17, 15) is 4.79 Å². The molecule has 0 unspecified atom stereocenters. The molecule has 0 atom stereocenters. The van der Waals surface area contributed by atoms with Gasteiger partial charge in [-0.15, -0.1) is 11.3 Å². The second-order valence-corrected chi connectivity index (χ2v) is 4.62. The molecule has 0 aliphatic rings. The average molecular weight is 220 g/mol. The van der Waals surface area contributed by atoms with Crippen molar-refractivity contribution >= 4 is 27.4 Å². The first-order chi connectivity index (χ1) is 7.20. The number of hydrogen-bond donors (Lipinski definition) is 0. The zero-order valence-electron chi connectivity index (χ0n) is 8.74. The summed E-state index contributed by atoms with van der Waals surface area (Å²) in [7, 11) is 0. The fourth-order valence-corrected chi connectivity index (χ4v) is 2.42. The van der Waals surface area contributed by atoms with E-state index in [4.69, 9.17) is 4.74 Å². The lowest BCUT2D eigenvalue weighted by Crippen LogP contribution is -2.03. The van der Waals surface area contributed by atoms with Gasteiger partial charge in [-0.2, -0.15) is 0 Å². The Balaban J connectivity index is 2.41. The van der Waals surface area contributed by atoms with Gasteiger partial charge in [-0.05, 0) is 43.5 Å². The molecular formula is C12H12O2S. The SMILES string of the molecule is CCOC(=O)c1ccc2sc(C)cc2c1. The molecular weight excluding hydrogens is 208 g/mol. The molecule has 3 heteroatoms. The van der Waals surface area contributed by atoms with Crippen LogP contribution in [0.1, 0.15) is 22.2 Å². The standard InChI is InChI=1S/C12H12O2S/c1-3-14-12(13)9-4-5-11-10(7-9)6-8(2)15-11/h4-7H,3H2,1-2H3. The van der Waals surface area contributed by atoms with E-state index in [2.05, 4.69) is 13.0 Å². The quantitative estimate of drug-likeness (QED) is 0.725. The van der Waals surface area contributed by atoms with E-state index in [0.717, 1.165) is 5.39 Å². The Morgan fingerprint density at radius 3 is 2.93 bits per heavy atom. The molecule has 1 aromatic heterocycles. The normalized spacial score (nSPS) is 10.5. The molecule has 1 heterocycles.